The zero-order chi connectivity index (χ0) is 14.7. The van der Waals surface area contributed by atoms with Crippen LogP contribution >= 0.6 is 0 Å². The van der Waals surface area contributed by atoms with Crippen molar-refractivity contribution in [3.8, 4) is 0 Å². The molecule has 0 aromatic heterocycles. The molecular formula is C20H30O. The molecule has 0 bridgehead atoms. The molecule has 1 nitrogen and oxygen atoms in total. The van der Waals surface area contributed by atoms with E-state index in [1.54, 1.807) is 0 Å². The second kappa shape index (κ2) is 4.70. The first kappa shape index (κ1) is 14.0. The van der Waals surface area contributed by atoms with Gasteiger partial charge in [-0.05, 0) is 85.9 Å². The number of rotatable bonds is 1. The van der Waals surface area contributed by atoms with Crippen LogP contribution in [0.15, 0.2) is 12.2 Å². The second-order valence-electron chi connectivity index (χ2n) is 8.86. The Balaban J connectivity index is 1.67. The quantitative estimate of drug-likeness (QED) is 0.489. The molecule has 0 N–H and O–H groups in total. The van der Waals surface area contributed by atoms with Crippen LogP contribution in [0.3, 0.4) is 0 Å². The van der Waals surface area contributed by atoms with Crippen LogP contribution in [0, 0.1) is 40.4 Å². The van der Waals surface area contributed by atoms with Gasteiger partial charge in [0.15, 0.2) is 0 Å². The lowest BCUT2D eigenvalue weighted by molar-refractivity contribution is -0.119. The monoisotopic (exact) mass is 286 g/mol. The van der Waals surface area contributed by atoms with Gasteiger partial charge in [-0.1, -0.05) is 26.0 Å². The molecule has 0 heterocycles. The molecule has 21 heavy (non-hydrogen) atoms. The summed E-state index contributed by atoms with van der Waals surface area (Å²) in [5.74, 6) is 3.86. The van der Waals surface area contributed by atoms with Crippen LogP contribution in [0.5, 0.6) is 0 Å². The molecule has 0 aromatic carbocycles. The Morgan fingerprint density at radius 3 is 2.67 bits per heavy atom. The number of carbonyl (C=O) groups excluding carboxylic acids is 1. The number of allylic oxidation sites excluding steroid dienone is 2. The summed E-state index contributed by atoms with van der Waals surface area (Å²) in [6, 6.07) is 0. The van der Waals surface area contributed by atoms with Gasteiger partial charge < -0.3 is 4.79 Å². The topological polar surface area (TPSA) is 17.1 Å². The van der Waals surface area contributed by atoms with E-state index in [1.165, 1.54) is 51.2 Å². The fourth-order valence-electron chi connectivity index (χ4n) is 7.08. The summed E-state index contributed by atoms with van der Waals surface area (Å²) in [5.41, 5.74) is 0.784. The SMILES string of the molecule is C[C@]12C=CCCC1CC[C@@H]1[C@@H]2CC[C@]2(C)C(C=O)CC[C@@H]12. The van der Waals surface area contributed by atoms with Gasteiger partial charge in [-0.2, -0.15) is 0 Å². The summed E-state index contributed by atoms with van der Waals surface area (Å²) < 4.78 is 0. The van der Waals surface area contributed by atoms with Crippen molar-refractivity contribution >= 4 is 6.29 Å². The average Bonchev–Trinajstić information content (AvgIpc) is 2.83. The zero-order valence-corrected chi connectivity index (χ0v) is 13.7. The molecule has 4 aliphatic rings. The largest absolute Gasteiger partial charge is 0.303 e. The molecule has 4 rings (SSSR count). The van der Waals surface area contributed by atoms with Crippen molar-refractivity contribution in [1.82, 2.24) is 0 Å². The molecule has 0 aromatic rings. The molecule has 0 saturated heterocycles. The molecule has 3 saturated carbocycles. The van der Waals surface area contributed by atoms with Gasteiger partial charge in [0.2, 0.25) is 0 Å². The Kier molecular flexibility index (Phi) is 3.14. The third kappa shape index (κ3) is 1.79. The van der Waals surface area contributed by atoms with E-state index in [9.17, 15) is 4.79 Å². The highest BCUT2D eigenvalue weighted by Crippen LogP contribution is 2.66. The Labute approximate surface area is 129 Å². The number of hydrogen-bond donors (Lipinski definition) is 0. The van der Waals surface area contributed by atoms with Crippen molar-refractivity contribution in [2.45, 2.75) is 65.2 Å². The van der Waals surface area contributed by atoms with Crippen LogP contribution < -0.4 is 0 Å². The van der Waals surface area contributed by atoms with Crippen LogP contribution in [-0.2, 0) is 4.79 Å². The maximum absolute atomic E-state index is 11.5. The minimum Gasteiger partial charge on any atom is -0.303 e. The van der Waals surface area contributed by atoms with Crippen LogP contribution in [0.1, 0.15) is 65.2 Å². The van der Waals surface area contributed by atoms with Crippen molar-refractivity contribution < 1.29 is 4.79 Å². The normalized spacial score (nSPS) is 55.4. The Morgan fingerprint density at radius 1 is 1.00 bits per heavy atom. The van der Waals surface area contributed by atoms with Gasteiger partial charge in [0.05, 0.1) is 0 Å². The summed E-state index contributed by atoms with van der Waals surface area (Å²) in [6.07, 6.45) is 17.0. The average molecular weight is 286 g/mol. The predicted octanol–water partition coefficient (Wildman–Crippen LogP) is 5.01. The number of fused-ring (bicyclic) bond motifs is 5. The summed E-state index contributed by atoms with van der Waals surface area (Å²) in [6.45, 7) is 4.99. The molecule has 4 aliphatic carbocycles. The fraction of sp³-hybridized carbons (Fsp3) is 0.850. The van der Waals surface area contributed by atoms with E-state index in [0.717, 1.165) is 30.1 Å². The Morgan fingerprint density at radius 2 is 1.86 bits per heavy atom. The first-order chi connectivity index (χ1) is 10.1. The molecule has 0 spiro atoms. The third-order valence-electron chi connectivity index (χ3n) is 8.36. The van der Waals surface area contributed by atoms with Gasteiger partial charge in [-0.15, -0.1) is 0 Å². The number of aldehydes is 1. The smallest absolute Gasteiger partial charge is 0.123 e. The minimum absolute atomic E-state index is 0.324. The molecular weight excluding hydrogens is 256 g/mol. The van der Waals surface area contributed by atoms with Crippen molar-refractivity contribution in [2.24, 2.45) is 40.4 Å². The highest BCUT2D eigenvalue weighted by atomic mass is 16.1. The Bertz CT molecular complexity index is 466. The standard InChI is InChI=1S/C20H30O/c1-19-11-4-3-5-14(19)6-8-16-17-9-7-15(13-21)20(17,2)12-10-18(16)19/h4,11,13-18H,3,5-10,12H2,1-2H3/t14?,15?,16-,17-,18-,19-,20+/m0/s1. The summed E-state index contributed by atoms with van der Waals surface area (Å²) in [5, 5.41) is 0. The maximum Gasteiger partial charge on any atom is 0.123 e. The van der Waals surface area contributed by atoms with E-state index < -0.39 is 0 Å². The van der Waals surface area contributed by atoms with Crippen LogP contribution in [0.2, 0.25) is 0 Å². The number of carbonyl (C=O) groups is 1. The molecule has 0 radical (unpaired) electrons. The molecule has 3 fully saturated rings. The van der Waals surface area contributed by atoms with Crippen molar-refractivity contribution in [3.05, 3.63) is 12.2 Å². The molecule has 116 valence electrons. The lowest BCUT2D eigenvalue weighted by Gasteiger charge is -2.59. The molecule has 2 unspecified atom stereocenters. The van der Waals surface area contributed by atoms with Gasteiger partial charge in [0.1, 0.15) is 6.29 Å². The zero-order valence-electron chi connectivity index (χ0n) is 13.7. The van der Waals surface area contributed by atoms with Crippen LogP contribution in [0.25, 0.3) is 0 Å². The first-order valence-corrected chi connectivity index (χ1v) is 9.22. The van der Waals surface area contributed by atoms with Crippen molar-refractivity contribution in [3.63, 3.8) is 0 Å². The lowest BCUT2D eigenvalue weighted by atomic mass is 9.46. The van der Waals surface area contributed by atoms with Gasteiger partial charge in [0.25, 0.3) is 0 Å². The maximum atomic E-state index is 11.5. The van der Waals surface area contributed by atoms with Crippen molar-refractivity contribution in [1.29, 1.82) is 0 Å². The number of hydrogen-bond acceptors (Lipinski definition) is 1. The lowest BCUT2D eigenvalue weighted by Crippen LogP contribution is -2.51. The molecule has 7 atom stereocenters. The fourth-order valence-corrected chi connectivity index (χ4v) is 7.08. The minimum atomic E-state index is 0.324. The molecule has 0 aliphatic heterocycles. The van der Waals surface area contributed by atoms with Gasteiger partial charge in [-0.3, -0.25) is 0 Å². The third-order valence-corrected chi connectivity index (χ3v) is 8.36. The second-order valence-corrected chi connectivity index (χ2v) is 8.86. The van der Waals surface area contributed by atoms with E-state index in [4.69, 9.17) is 0 Å². The van der Waals surface area contributed by atoms with E-state index in [0.29, 0.717) is 16.7 Å². The molecule has 1 heteroatoms. The van der Waals surface area contributed by atoms with E-state index in [2.05, 4.69) is 26.0 Å². The van der Waals surface area contributed by atoms with Gasteiger partial charge in [0, 0.05) is 5.92 Å². The summed E-state index contributed by atoms with van der Waals surface area (Å²) in [7, 11) is 0. The Hall–Kier alpha value is -0.590. The highest BCUT2D eigenvalue weighted by molar-refractivity contribution is 5.56. The summed E-state index contributed by atoms with van der Waals surface area (Å²) >= 11 is 0. The van der Waals surface area contributed by atoms with E-state index >= 15 is 0 Å². The first-order valence-electron chi connectivity index (χ1n) is 9.22. The van der Waals surface area contributed by atoms with Crippen molar-refractivity contribution in [2.75, 3.05) is 0 Å². The highest BCUT2D eigenvalue weighted by Gasteiger charge is 2.58. The van der Waals surface area contributed by atoms with Gasteiger partial charge >= 0.3 is 0 Å². The van der Waals surface area contributed by atoms with Gasteiger partial charge in [-0.25, -0.2) is 0 Å². The summed E-state index contributed by atoms with van der Waals surface area (Å²) in [4.78, 5) is 11.5. The molecule has 0 amide bonds. The van der Waals surface area contributed by atoms with Crippen LogP contribution in [0.4, 0.5) is 0 Å². The predicted molar refractivity (Wildman–Crippen MR) is 85.8 cm³/mol. The van der Waals surface area contributed by atoms with E-state index in [1.807, 2.05) is 0 Å². The van der Waals surface area contributed by atoms with Crippen LogP contribution in [-0.4, -0.2) is 6.29 Å². The van der Waals surface area contributed by atoms with E-state index in [-0.39, 0.29) is 0 Å².